The number of thiol groups is 1. The molecule has 0 aliphatic carbocycles. The minimum absolute atomic E-state index is 0.00241. The van der Waals surface area contributed by atoms with Crippen LogP contribution in [0.25, 0.3) is 0 Å². The number of nitrogens with two attached hydrogens (primary N) is 2. The summed E-state index contributed by atoms with van der Waals surface area (Å²) in [5.74, 6) is -3.84. The fourth-order valence-corrected chi connectivity index (χ4v) is 1.97. The second-order valence-electron chi connectivity index (χ2n) is 5.65. The molecule has 0 radical (unpaired) electrons. The van der Waals surface area contributed by atoms with E-state index in [0.29, 0.717) is 0 Å². The van der Waals surface area contributed by atoms with Crippen molar-refractivity contribution in [1.29, 1.82) is 0 Å². The molecule has 0 rings (SSSR count). The lowest BCUT2D eigenvalue weighted by Crippen LogP contribution is -2.56. The molecule has 0 fully saturated rings. The fraction of sp³-hybridized carbons (Fsp3) is 0.643. The number of aliphatic carboxylic acids is 1. The molecule has 0 bridgehead atoms. The molecule has 0 unspecified atom stereocenters. The number of hydrogen-bond donors (Lipinski definition) is 7. The predicted octanol–water partition coefficient (Wildman–Crippen LogP) is -2.91. The molecule has 0 aliphatic heterocycles. The number of primary amides is 1. The summed E-state index contributed by atoms with van der Waals surface area (Å²) in [6, 6.07) is -4.06. The van der Waals surface area contributed by atoms with Gasteiger partial charge in [-0.1, -0.05) is 0 Å². The minimum atomic E-state index is -1.09. The Morgan fingerprint density at radius 2 is 1.42 bits per heavy atom. The van der Waals surface area contributed by atoms with Gasteiger partial charge < -0.3 is 32.5 Å². The summed E-state index contributed by atoms with van der Waals surface area (Å²) in [6.07, 6.45) is -0.356. The van der Waals surface area contributed by atoms with E-state index in [1.165, 1.54) is 13.8 Å². The quantitative estimate of drug-likeness (QED) is 0.183. The molecule has 12 heteroatoms. The first-order valence-electron chi connectivity index (χ1n) is 7.78. The summed E-state index contributed by atoms with van der Waals surface area (Å²) < 4.78 is 0. The first-order chi connectivity index (χ1) is 12.0. The molecule has 11 nitrogen and oxygen atoms in total. The summed E-state index contributed by atoms with van der Waals surface area (Å²) in [5, 5.41) is 15.6. The van der Waals surface area contributed by atoms with Crippen molar-refractivity contribution in [2.75, 3.05) is 5.75 Å². The van der Waals surface area contributed by atoms with E-state index in [1.54, 1.807) is 0 Å². The van der Waals surface area contributed by atoms with Crippen LogP contribution in [-0.2, 0) is 24.0 Å². The van der Waals surface area contributed by atoms with Crippen LogP contribution in [0.5, 0.6) is 0 Å². The zero-order valence-corrected chi connectivity index (χ0v) is 15.4. The fourth-order valence-electron chi connectivity index (χ4n) is 1.70. The zero-order chi connectivity index (χ0) is 20.4. The maximum atomic E-state index is 12.0. The molecule has 148 valence electrons. The largest absolute Gasteiger partial charge is 0.481 e. The standard InChI is InChI=1S/C14H25N5O6S/c1-6(18-14(25)8(15)3-4-10(20)21)12(23)17-7(2)13(24)19-9(5-26)11(16)22/h6-9,26H,3-5,15H2,1-2H3,(H2,16,22)(H,17,23)(H,18,25)(H,19,24)(H,20,21)/t6-,7-,8-,9-/m0/s1. The molecule has 0 aromatic carbocycles. The molecule has 0 aromatic heterocycles. The Balaban J connectivity index is 4.51. The molecule has 0 aliphatic rings. The number of carboxylic acids is 1. The minimum Gasteiger partial charge on any atom is -0.481 e. The second-order valence-corrected chi connectivity index (χ2v) is 6.01. The van der Waals surface area contributed by atoms with Crippen molar-refractivity contribution in [3.05, 3.63) is 0 Å². The Morgan fingerprint density at radius 3 is 1.85 bits per heavy atom. The molecule has 0 aromatic rings. The van der Waals surface area contributed by atoms with Crippen LogP contribution >= 0.6 is 12.6 Å². The van der Waals surface area contributed by atoms with E-state index < -0.39 is 53.8 Å². The van der Waals surface area contributed by atoms with E-state index in [1.807, 2.05) is 0 Å². The third kappa shape index (κ3) is 8.67. The number of carbonyl (C=O) groups is 5. The van der Waals surface area contributed by atoms with E-state index in [0.717, 1.165) is 0 Å². The van der Waals surface area contributed by atoms with Gasteiger partial charge in [0.05, 0.1) is 6.04 Å². The van der Waals surface area contributed by atoms with Crippen LogP contribution in [-0.4, -0.2) is 64.6 Å². The molecule has 8 N–H and O–H groups in total. The first kappa shape index (κ1) is 23.7. The lowest BCUT2D eigenvalue weighted by atomic mass is 10.1. The van der Waals surface area contributed by atoms with Crippen LogP contribution in [0.3, 0.4) is 0 Å². The van der Waals surface area contributed by atoms with Gasteiger partial charge in [-0.25, -0.2) is 0 Å². The summed E-state index contributed by atoms with van der Waals surface area (Å²) in [6.45, 7) is 2.76. The highest BCUT2D eigenvalue weighted by Gasteiger charge is 2.25. The van der Waals surface area contributed by atoms with E-state index in [4.69, 9.17) is 16.6 Å². The molecule has 0 heterocycles. The van der Waals surface area contributed by atoms with Crippen LogP contribution in [0.2, 0.25) is 0 Å². The Kier molecular flexibility index (Phi) is 10.3. The second kappa shape index (κ2) is 11.3. The van der Waals surface area contributed by atoms with Crippen molar-refractivity contribution in [2.24, 2.45) is 11.5 Å². The van der Waals surface area contributed by atoms with Crippen molar-refractivity contribution in [1.82, 2.24) is 16.0 Å². The van der Waals surface area contributed by atoms with Crippen molar-refractivity contribution < 1.29 is 29.1 Å². The van der Waals surface area contributed by atoms with Crippen LogP contribution in [0.15, 0.2) is 0 Å². The number of nitrogens with one attached hydrogen (secondary N) is 3. The van der Waals surface area contributed by atoms with E-state index in [-0.39, 0.29) is 18.6 Å². The third-order valence-electron chi connectivity index (χ3n) is 3.35. The number of carboxylic acid groups (broad SMARTS) is 1. The number of carbonyl (C=O) groups excluding carboxylic acids is 4. The van der Waals surface area contributed by atoms with E-state index in [2.05, 4.69) is 28.6 Å². The Labute approximate surface area is 156 Å². The van der Waals surface area contributed by atoms with Gasteiger partial charge in [-0.15, -0.1) is 0 Å². The highest BCUT2D eigenvalue weighted by atomic mass is 32.1. The van der Waals surface area contributed by atoms with Crippen LogP contribution in [0.1, 0.15) is 26.7 Å². The van der Waals surface area contributed by atoms with Gasteiger partial charge in [0.2, 0.25) is 23.6 Å². The van der Waals surface area contributed by atoms with E-state index in [9.17, 15) is 24.0 Å². The topological polar surface area (TPSA) is 194 Å². The SMILES string of the molecule is C[C@H](NC(=O)[C@H](C)NC(=O)[C@@H](N)CCC(=O)O)C(=O)N[C@@H](CS)C(N)=O. The van der Waals surface area contributed by atoms with Gasteiger partial charge in [-0.2, -0.15) is 12.6 Å². The highest BCUT2D eigenvalue weighted by molar-refractivity contribution is 7.80. The maximum Gasteiger partial charge on any atom is 0.303 e. The molecule has 4 atom stereocenters. The molecular formula is C14H25N5O6S. The average molecular weight is 391 g/mol. The molecule has 4 amide bonds. The molecule has 26 heavy (non-hydrogen) atoms. The van der Waals surface area contributed by atoms with Gasteiger partial charge in [0, 0.05) is 12.2 Å². The van der Waals surface area contributed by atoms with Crippen LogP contribution in [0.4, 0.5) is 0 Å². The van der Waals surface area contributed by atoms with Gasteiger partial charge in [0.15, 0.2) is 0 Å². The van der Waals surface area contributed by atoms with Crippen molar-refractivity contribution in [3.8, 4) is 0 Å². The van der Waals surface area contributed by atoms with Crippen molar-refractivity contribution in [3.63, 3.8) is 0 Å². The van der Waals surface area contributed by atoms with Gasteiger partial charge in [0.25, 0.3) is 0 Å². The zero-order valence-electron chi connectivity index (χ0n) is 14.5. The number of hydrogen-bond acceptors (Lipinski definition) is 7. The van der Waals surface area contributed by atoms with Crippen LogP contribution in [0, 0.1) is 0 Å². The van der Waals surface area contributed by atoms with Gasteiger partial charge >= 0.3 is 5.97 Å². The average Bonchev–Trinajstić information content (AvgIpc) is 2.56. The Hall–Kier alpha value is -2.34. The molecule has 0 saturated carbocycles. The highest BCUT2D eigenvalue weighted by Crippen LogP contribution is 1.97. The predicted molar refractivity (Wildman–Crippen MR) is 95.0 cm³/mol. The summed E-state index contributed by atoms with van der Waals surface area (Å²) in [5.41, 5.74) is 10.6. The van der Waals surface area contributed by atoms with Crippen molar-refractivity contribution in [2.45, 2.75) is 50.9 Å². The Bertz CT molecular complexity index is 558. The third-order valence-corrected chi connectivity index (χ3v) is 3.72. The molecule has 0 saturated heterocycles. The maximum absolute atomic E-state index is 12.0. The molecule has 0 spiro atoms. The van der Waals surface area contributed by atoms with Gasteiger partial charge in [-0.3, -0.25) is 24.0 Å². The lowest BCUT2D eigenvalue weighted by molar-refractivity contribution is -0.137. The summed E-state index contributed by atoms with van der Waals surface area (Å²) >= 11 is 3.89. The lowest BCUT2D eigenvalue weighted by Gasteiger charge is -2.21. The van der Waals surface area contributed by atoms with Crippen molar-refractivity contribution >= 4 is 42.2 Å². The monoisotopic (exact) mass is 391 g/mol. The smallest absolute Gasteiger partial charge is 0.303 e. The number of rotatable bonds is 11. The van der Waals surface area contributed by atoms with Gasteiger partial charge in [0.1, 0.15) is 18.1 Å². The Morgan fingerprint density at radius 1 is 0.962 bits per heavy atom. The normalized spacial score (nSPS) is 15.1. The molecular weight excluding hydrogens is 366 g/mol. The first-order valence-corrected chi connectivity index (χ1v) is 8.41. The summed E-state index contributed by atoms with van der Waals surface area (Å²) in [4.78, 5) is 57.3. The van der Waals surface area contributed by atoms with Gasteiger partial charge in [-0.05, 0) is 20.3 Å². The van der Waals surface area contributed by atoms with E-state index >= 15 is 0 Å². The number of amides is 4. The van der Waals surface area contributed by atoms with Crippen LogP contribution < -0.4 is 27.4 Å². The summed E-state index contributed by atoms with van der Waals surface area (Å²) in [7, 11) is 0.